The molecular formula is C11H17NOS. The molecule has 1 aliphatic heterocycles. The Morgan fingerprint density at radius 2 is 2.43 bits per heavy atom. The average Bonchev–Trinajstić information content (AvgIpc) is 2.77. The Kier molecular flexibility index (Phi) is 3.21. The lowest BCUT2D eigenvalue weighted by molar-refractivity contribution is 0.183. The van der Waals surface area contributed by atoms with Gasteiger partial charge in [-0.1, -0.05) is 6.92 Å². The minimum atomic E-state index is 0.440. The summed E-state index contributed by atoms with van der Waals surface area (Å²) in [5.41, 5.74) is 1.38. The molecule has 2 rings (SSSR count). The lowest BCUT2D eigenvalue weighted by Gasteiger charge is -2.20. The molecule has 0 bridgehead atoms. The molecule has 3 atom stereocenters. The summed E-state index contributed by atoms with van der Waals surface area (Å²) in [5, 5.41) is 7.95. The SMILES string of the molecule is CC(NC1COCC1C)c1ccsc1. The molecule has 0 amide bonds. The maximum absolute atomic E-state index is 5.43. The maximum atomic E-state index is 5.43. The van der Waals surface area contributed by atoms with Gasteiger partial charge in [0.05, 0.1) is 13.2 Å². The van der Waals surface area contributed by atoms with E-state index >= 15 is 0 Å². The van der Waals surface area contributed by atoms with E-state index in [1.807, 2.05) is 0 Å². The Labute approximate surface area is 89.3 Å². The monoisotopic (exact) mass is 211 g/mol. The van der Waals surface area contributed by atoms with Gasteiger partial charge in [0.25, 0.3) is 0 Å². The van der Waals surface area contributed by atoms with Gasteiger partial charge >= 0.3 is 0 Å². The van der Waals surface area contributed by atoms with Gasteiger partial charge in [0, 0.05) is 12.1 Å². The second kappa shape index (κ2) is 4.43. The zero-order valence-electron chi connectivity index (χ0n) is 8.69. The second-order valence-electron chi connectivity index (χ2n) is 4.07. The third-order valence-corrected chi connectivity index (χ3v) is 3.57. The van der Waals surface area contributed by atoms with E-state index in [0.29, 0.717) is 18.0 Å². The molecule has 3 heteroatoms. The first kappa shape index (κ1) is 10.1. The number of nitrogens with one attached hydrogen (secondary N) is 1. The van der Waals surface area contributed by atoms with Gasteiger partial charge in [0.2, 0.25) is 0 Å². The van der Waals surface area contributed by atoms with Crippen LogP contribution in [0, 0.1) is 5.92 Å². The Morgan fingerprint density at radius 3 is 3.00 bits per heavy atom. The number of rotatable bonds is 3. The molecular weight excluding hydrogens is 194 g/mol. The van der Waals surface area contributed by atoms with Crippen molar-refractivity contribution in [2.45, 2.75) is 25.9 Å². The molecule has 0 aromatic carbocycles. The van der Waals surface area contributed by atoms with Crippen LogP contribution >= 0.6 is 11.3 Å². The quantitative estimate of drug-likeness (QED) is 0.829. The molecule has 0 saturated carbocycles. The van der Waals surface area contributed by atoms with Gasteiger partial charge < -0.3 is 10.1 Å². The summed E-state index contributed by atoms with van der Waals surface area (Å²) in [6.45, 7) is 6.21. The Hall–Kier alpha value is -0.380. The second-order valence-corrected chi connectivity index (χ2v) is 4.85. The van der Waals surface area contributed by atoms with Crippen molar-refractivity contribution < 1.29 is 4.74 Å². The highest BCUT2D eigenvalue weighted by molar-refractivity contribution is 7.07. The average molecular weight is 211 g/mol. The molecule has 0 radical (unpaired) electrons. The van der Waals surface area contributed by atoms with Crippen LogP contribution in [0.5, 0.6) is 0 Å². The maximum Gasteiger partial charge on any atom is 0.0623 e. The number of hydrogen-bond donors (Lipinski definition) is 1. The van der Waals surface area contributed by atoms with Crippen molar-refractivity contribution in [2.24, 2.45) is 5.92 Å². The van der Waals surface area contributed by atoms with Gasteiger partial charge in [0.15, 0.2) is 0 Å². The molecule has 0 spiro atoms. The predicted octanol–water partition coefficient (Wildman–Crippen LogP) is 2.43. The molecule has 78 valence electrons. The standard InChI is InChI=1S/C11H17NOS/c1-8-5-13-6-11(8)12-9(2)10-3-4-14-7-10/h3-4,7-9,11-12H,5-6H2,1-2H3. The van der Waals surface area contributed by atoms with Crippen LogP contribution in [0.1, 0.15) is 25.5 Å². The molecule has 1 aromatic rings. The highest BCUT2D eigenvalue weighted by Gasteiger charge is 2.25. The molecule has 0 aliphatic carbocycles. The van der Waals surface area contributed by atoms with E-state index in [2.05, 4.69) is 36.0 Å². The Balaban J connectivity index is 1.91. The van der Waals surface area contributed by atoms with Crippen LogP contribution in [0.25, 0.3) is 0 Å². The fraction of sp³-hybridized carbons (Fsp3) is 0.636. The summed E-state index contributed by atoms with van der Waals surface area (Å²) in [6, 6.07) is 3.14. The minimum absolute atomic E-state index is 0.440. The zero-order chi connectivity index (χ0) is 9.97. The van der Waals surface area contributed by atoms with Gasteiger partial charge in [0.1, 0.15) is 0 Å². The summed E-state index contributed by atoms with van der Waals surface area (Å²) in [7, 11) is 0. The van der Waals surface area contributed by atoms with Gasteiger partial charge in [-0.05, 0) is 35.2 Å². The summed E-state index contributed by atoms with van der Waals surface area (Å²) < 4.78 is 5.43. The van der Waals surface area contributed by atoms with Gasteiger partial charge in [-0.25, -0.2) is 0 Å². The Bertz CT molecular complexity index is 273. The van der Waals surface area contributed by atoms with Crippen molar-refractivity contribution >= 4 is 11.3 Å². The zero-order valence-corrected chi connectivity index (χ0v) is 9.51. The topological polar surface area (TPSA) is 21.3 Å². The van der Waals surface area contributed by atoms with Crippen LogP contribution in [-0.4, -0.2) is 19.3 Å². The van der Waals surface area contributed by atoms with E-state index in [0.717, 1.165) is 13.2 Å². The van der Waals surface area contributed by atoms with Crippen LogP contribution in [0.15, 0.2) is 16.8 Å². The van der Waals surface area contributed by atoms with Gasteiger partial charge in [-0.15, -0.1) is 0 Å². The summed E-state index contributed by atoms with van der Waals surface area (Å²) in [4.78, 5) is 0. The molecule has 1 aliphatic rings. The molecule has 2 heterocycles. The third kappa shape index (κ3) is 2.16. The van der Waals surface area contributed by atoms with Crippen molar-refractivity contribution in [1.29, 1.82) is 0 Å². The van der Waals surface area contributed by atoms with E-state index in [1.165, 1.54) is 5.56 Å². The van der Waals surface area contributed by atoms with Crippen molar-refractivity contribution in [3.8, 4) is 0 Å². The number of hydrogen-bond acceptors (Lipinski definition) is 3. The molecule has 1 fully saturated rings. The highest BCUT2D eigenvalue weighted by Crippen LogP contribution is 2.20. The van der Waals surface area contributed by atoms with Crippen molar-refractivity contribution in [1.82, 2.24) is 5.32 Å². The van der Waals surface area contributed by atoms with E-state index in [1.54, 1.807) is 11.3 Å². The van der Waals surface area contributed by atoms with E-state index in [4.69, 9.17) is 4.74 Å². The van der Waals surface area contributed by atoms with E-state index in [-0.39, 0.29) is 0 Å². The lowest BCUT2D eigenvalue weighted by Crippen LogP contribution is -2.36. The molecule has 1 saturated heterocycles. The molecule has 1 aromatic heterocycles. The van der Waals surface area contributed by atoms with Crippen molar-refractivity contribution in [2.75, 3.05) is 13.2 Å². The van der Waals surface area contributed by atoms with E-state index in [9.17, 15) is 0 Å². The normalized spacial score (nSPS) is 29.3. The fourth-order valence-corrected chi connectivity index (χ4v) is 2.57. The van der Waals surface area contributed by atoms with Crippen LogP contribution in [0.4, 0.5) is 0 Å². The third-order valence-electron chi connectivity index (χ3n) is 2.87. The Morgan fingerprint density at radius 1 is 1.57 bits per heavy atom. The summed E-state index contributed by atoms with van der Waals surface area (Å²) in [6.07, 6.45) is 0. The van der Waals surface area contributed by atoms with Crippen LogP contribution < -0.4 is 5.32 Å². The van der Waals surface area contributed by atoms with E-state index < -0.39 is 0 Å². The predicted molar refractivity (Wildman–Crippen MR) is 59.6 cm³/mol. The van der Waals surface area contributed by atoms with Crippen LogP contribution in [0.3, 0.4) is 0 Å². The minimum Gasteiger partial charge on any atom is -0.379 e. The number of ether oxygens (including phenoxy) is 1. The fourth-order valence-electron chi connectivity index (χ4n) is 1.81. The van der Waals surface area contributed by atoms with Crippen molar-refractivity contribution in [3.05, 3.63) is 22.4 Å². The smallest absolute Gasteiger partial charge is 0.0623 e. The summed E-state index contributed by atoms with van der Waals surface area (Å²) >= 11 is 1.76. The van der Waals surface area contributed by atoms with Crippen LogP contribution in [0.2, 0.25) is 0 Å². The largest absolute Gasteiger partial charge is 0.379 e. The number of thiophene rings is 1. The van der Waals surface area contributed by atoms with Crippen molar-refractivity contribution in [3.63, 3.8) is 0 Å². The van der Waals surface area contributed by atoms with Crippen LogP contribution in [-0.2, 0) is 4.74 Å². The first-order valence-electron chi connectivity index (χ1n) is 5.13. The molecule has 1 N–H and O–H groups in total. The first-order valence-corrected chi connectivity index (χ1v) is 6.07. The van der Waals surface area contributed by atoms with Gasteiger partial charge in [-0.3, -0.25) is 0 Å². The summed E-state index contributed by atoms with van der Waals surface area (Å²) in [5.74, 6) is 0.635. The molecule has 3 unspecified atom stereocenters. The molecule has 14 heavy (non-hydrogen) atoms. The first-order chi connectivity index (χ1) is 6.77. The molecule has 2 nitrogen and oxygen atoms in total. The highest BCUT2D eigenvalue weighted by atomic mass is 32.1. The van der Waals surface area contributed by atoms with Gasteiger partial charge in [-0.2, -0.15) is 11.3 Å². The lowest BCUT2D eigenvalue weighted by atomic mass is 10.0.